The summed E-state index contributed by atoms with van der Waals surface area (Å²) < 4.78 is 12.0. The van der Waals surface area contributed by atoms with Gasteiger partial charge in [0.25, 0.3) is 0 Å². The number of carbonyl (C=O) groups is 1. The predicted octanol–water partition coefficient (Wildman–Crippen LogP) is 10.6. The Labute approximate surface area is 189 Å². The standard InChI is InChI=1S/C28H55FO/c1-2-3-4-5-6-7-8-9-10-11-12-13-14-15-16-17-18-19-20-21-22-23-24-25-26-27-28(29)30/h2-27H2,1H3. The number of halogens is 1. The van der Waals surface area contributed by atoms with Gasteiger partial charge in [-0.05, 0) is 6.42 Å². The third kappa shape index (κ3) is 27.6. The molecule has 0 aromatic carbocycles. The zero-order valence-corrected chi connectivity index (χ0v) is 20.7. The molecule has 0 unspecified atom stereocenters. The lowest BCUT2D eigenvalue weighted by Gasteiger charge is -2.04. The number of unbranched alkanes of at least 4 members (excludes halogenated alkanes) is 24. The van der Waals surface area contributed by atoms with Gasteiger partial charge in [0.2, 0.25) is 0 Å². The maximum atomic E-state index is 12.0. The highest BCUT2D eigenvalue weighted by Crippen LogP contribution is 2.15. The first-order chi connectivity index (χ1) is 14.8. The third-order valence-corrected chi connectivity index (χ3v) is 6.48. The lowest BCUT2D eigenvalue weighted by molar-refractivity contribution is -0.129. The van der Waals surface area contributed by atoms with Gasteiger partial charge in [0.1, 0.15) is 0 Å². The second kappa shape index (κ2) is 26.6. The van der Waals surface area contributed by atoms with Gasteiger partial charge in [0.05, 0.1) is 0 Å². The lowest BCUT2D eigenvalue weighted by atomic mass is 10.0. The van der Waals surface area contributed by atoms with Crippen LogP contribution in [0.1, 0.15) is 174 Å². The summed E-state index contributed by atoms with van der Waals surface area (Å²) >= 11 is 0. The van der Waals surface area contributed by atoms with E-state index in [2.05, 4.69) is 6.92 Å². The average molecular weight is 427 g/mol. The van der Waals surface area contributed by atoms with Crippen LogP contribution in [0.15, 0.2) is 0 Å². The van der Waals surface area contributed by atoms with Crippen LogP contribution in [0.4, 0.5) is 4.39 Å². The molecule has 0 aromatic heterocycles. The summed E-state index contributed by atoms with van der Waals surface area (Å²) in [6, 6.07) is -1.15. The summed E-state index contributed by atoms with van der Waals surface area (Å²) in [4.78, 5) is 10.2. The van der Waals surface area contributed by atoms with E-state index in [4.69, 9.17) is 0 Å². The number of carbonyl (C=O) groups excluding carboxylic acids is 1. The van der Waals surface area contributed by atoms with Crippen LogP contribution in [0.2, 0.25) is 0 Å². The molecule has 30 heavy (non-hydrogen) atoms. The molecule has 2 heteroatoms. The molecule has 0 radical (unpaired) electrons. The number of rotatable bonds is 26. The summed E-state index contributed by atoms with van der Waals surface area (Å²) in [5.74, 6) is 0. The fraction of sp³-hybridized carbons (Fsp3) is 0.964. The van der Waals surface area contributed by atoms with Crippen molar-refractivity contribution in [3.05, 3.63) is 0 Å². The molecule has 0 N–H and O–H groups in total. The molecule has 0 amide bonds. The molecular weight excluding hydrogens is 371 g/mol. The van der Waals surface area contributed by atoms with Crippen molar-refractivity contribution in [2.75, 3.05) is 0 Å². The maximum Gasteiger partial charge on any atom is 0.301 e. The topological polar surface area (TPSA) is 17.1 Å². The molecule has 1 nitrogen and oxygen atoms in total. The predicted molar refractivity (Wildman–Crippen MR) is 132 cm³/mol. The number of hydrogen-bond donors (Lipinski definition) is 0. The zero-order valence-electron chi connectivity index (χ0n) is 20.7. The first kappa shape index (κ1) is 29.6. The lowest BCUT2D eigenvalue weighted by Crippen LogP contribution is -1.87. The minimum absolute atomic E-state index is 0.124. The Balaban J connectivity index is 2.99. The molecule has 180 valence electrons. The van der Waals surface area contributed by atoms with Gasteiger partial charge >= 0.3 is 6.04 Å². The SMILES string of the molecule is CCCCCCCCCCCCCCCCCCCCCCCCCCCC(=O)F. The van der Waals surface area contributed by atoms with Crippen molar-refractivity contribution >= 4 is 6.04 Å². The first-order valence-corrected chi connectivity index (χ1v) is 14.0. The van der Waals surface area contributed by atoms with Crippen molar-refractivity contribution in [1.29, 1.82) is 0 Å². The average Bonchev–Trinajstić information content (AvgIpc) is 2.73. The van der Waals surface area contributed by atoms with E-state index in [1.807, 2.05) is 0 Å². The van der Waals surface area contributed by atoms with E-state index in [9.17, 15) is 9.18 Å². The minimum atomic E-state index is -1.15. The van der Waals surface area contributed by atoms with Gasteiger partial charge < -0.3 is 0 Å². The molecular formula is C28H55FO. The van der Waals surface area contributed by atoms with Crippen molar-refractivity contribution in [3.63, 3.8) is 0 Å². The molecule has 0 saturated carbocycles. The molecule has 0 aliphatic heterocycles. The quantitative estimate of drug-likeness (QED) is 0.0992. The second-order valence-corrected chi connectivity index (χ2v) is 9.59. The van der Waals surface area contributed by atoms with Gasteiger partial charge in [-0.3, -0.25) is 4.79 Å². The van der Waals surface area contributed by atoms with E-state index in [0.717, 1.165) is 19.3 Å². The monoisotopic (exact) mass is 426 g/mol. The highest BCUT2D eigenvalue weighted by atomic mass is 19.1. The Morgan fingerprint density at radius 2 is 0.600 bits per heavy atom. The summed E-state index contributed by atoms with van der Waals surface area (Å²) in [6.45, 7) is 2.29. The van der Waals surface area contributed by atoms with Gasteiger partial charge in [-0.25, -0.2) is 0 Å². The van der Waals surface area contributed by atoms with Crippen LogP contribution in [0.25, 0.3) is 0 Å². The Morgan fingerprint density at radius 1 is 0.400 bits per heavy atom. The summed E-state index contributed by atoms with van der Waals surface area (Å²) in [7, 11) is 0. The van der Waals surface area contributed by atoms with Crippen molar-refractivity contribution in [2.45, 2.75) is 174 Å². The molecule has 0 aliphatic rings. The van der Waals surface area contributed by atoms with Gasteiger partial charge in [0, 0.05) is 6.42 Å². The van der Waals surface area contributed by atoms with E-state index in [0.29, 0.717) is 0 Å². The Kier molecular flexibility index (Phi) is 26.3. The Bertz CT molecular complexity index is 329. The second-order valence-electron chi connectivity index (χ2n) is 9.59. The van der Waals surface area contributed by atoms with Crippen LogP contribution >= 0.6 is 0 Å². The van der Waals surface area contributed by atoms with Gasteiger partial charge in [0.15, 0.2) is 0 Å². The van der Waals surface area contributed by atoms with E-state index in [1.165, 1.54) is 141 Å². The van der Waals surface area contributed by atoms with E-state index in [1.54, 1.807) is 0 Å². The summed E-state index contributed by atoms with van der Waals surface area (Å²) in [5.41, 5.74) is 0. The highest BCUT2D eigenvalue weighted by Gasteiger charge is 1.98. The van der Waals surface area contributed by atoms with Crippen LogP contribution in [0.3, 0.4) is 0 Å². The molecule has 0 rings (SSSR count). The van der Waals surface area contributed by atoms with E-state index in [-0.39, 0.29) is 6.42 Å². The van der Waals surface area contributed by atoms with Crippen LogP contribution in [-0.2, 0) is 4.79 Å². The largest absolute Gasteiger partial charge is 0.301 e. The summed E-state index contributed by atoms with van der Waals surface area (Å²) in [5, 5.41) is 0. The minimum Gasteiger partial charge on any atom is -0.261 e. The zero-order chi connectivity index (χ0) is 22.0. The highest BCUT2D eigenvalue weighted by molar-refractivity contribution is 5.67. The van der Waals surface area contributed by atoms with E-state index < -0.39 is 6.04 Å². The van der Waals surface area contributed by atoms with Crippen molar-refractivity contribution in [3.8, 4) is 0 Å². The summed E-state index contributed by atoms with van der Waals surface area (Å²) in [6.07, 6.45) is 34.3. The maximum absolute atomic E-state index is 12.0. The molecule has 0 aliphatic carbocycles. The van der Waals surface area contributed by atoms with Crippen molar-refractivity contribution in [2.24, 2.45) is 0 Å². The fourth-order valence-electron chi connectivity index (χ4n) is 4.40. The third-order valence-electron chi connectivity index (χ3n) is 6.48. The normalized spacial score (nSPS) is 11.3. The van der Waals surface area contributed by atoms with E-state index >= 15 is 0 Å². The smallest absolute Gasteiger partial charge is 0.261 e. The molecule has 0 saturated heterocycles. The Hall–Kier alpha value is -0.400. The fourth-order valence-corrected chi connectivity index (χ4v) is 4.40. The first-order valence-electron chi connectivity index (χ1n) is 14.0. The molecule has 0 spiro atoms. The van der Waals surface area contributed by atoms with Gasteiger partial charge in [-0.2, -0.15) is 4.39 Å². The number of hydrogen-bond acceptors (Lipinski definition) is 1. The molecule has 0 fully saturated rings. The molecule has 0 aromatic rings. The van der Waals surface area contributed by atoms with Crippen LogP contribution in [-0.4, -0.2) is 6.04 Å². The van der Waals surface area contributed by atoms with Crippen LogP contribution < -0.4 is 0 Å². The molecule has 0 atom stereocenters. The van der Waals surface area contributed by atoms with Crippen molar-refractivity contribution in [1.82, 2.24) is 0 Å². The molecule has 0 heterocycles. The van der Waals surface area contributed by atoms with Crippen LogP contribution in [0, 0.1) is 0 Å². The van der Waals surface area contributed by atoms with Gasteiger partial charge in [-0.1, -0.05) is 161 Å². The Morgan fingerprint density at radius 3 is 0.800 bits per heavy atom. The molecule has 0 bridgehead atoms. The van der Waals surface area contributed by atoms with Crippen LogP contribution in [0.5, 0.6) is 0 Å². The van der Waals surface area contributed by atoms with Gasteiger partial charge in [-0.15, -0.1) is 0 Å². The van der Waals surface area contributed by atoms with Crippen molar-refractivity contribution < 1.29 is 9.18 Å².